The number of carbonyl (C=O) groups excluding carboxylic acids is 2. The molecule has 2 heterocycles. The van der Waals surface area contributed by atoms with Gasteiger partial charge in [0.1, 0.15) is 12.0 Å². The van der Waals surface area contributed by atoms with Crippen LogP contribution in [0.25, 0.3) is 0 Å². The van der Waals surface area contributed by atoms with Crippen LogP contribution in [0.1, 0.15) is 30.3 Å². The number of aromatic nitrogens is 2. The van der Waals surface area contributed by atoms with E-state index in [-0.39, 0.29) is 17.8 Å². The van der Waals surface area contributed by atoms with Crippen molar-refractivity contribution < 1.29 is 19.1 Å². The van der Waals surface area contributed by atoms with Gasteiger partial charge in [0.25, 0.3) is 5.91 Å². The fourth-order valence-corrected chi connectivity index (χ4v) is 2.31. The Morgan fingerprint density at radius 2 is 2.05 bits per heavy atom. The molecule has 1 aromatic heterocycles. The number of hydrogen-bond acceptors (Lipinski definition) is 6. The zero-order valence-corrected chi connectivity index (χ0v) is 12.2. The van der Waals surface area contributed by atoms with Crippen molar-refractivity contribution in [2.75, 3.05) is 26.8 Å². The molecule has 7 nitrogen and oxygen atoms in total. The summed E-state index contributed by atoms with van der Waals surface area (Å²) in [6.07, 6.45) is 2.54. The van der Waals surface area contributed by atoms with E-state index < -0.39 is 0 Å². The van der Waals surface area contributed by atoms with Crippen molar-refractivity contribution in [3.8, 4) is 5.88 Å². The van der Waals surface area contributed by atoms with Crippen molar-refractivity contribution in [1.29, 1.82) is 0 Å². The van der Waals surface area contributed by atoms with Crippen LogP contribution in [0.15, 0.2) is 12.4 Å². The van der Waals surface area contributed by atoms with Gasteiger partial charge in [-0.05, 0) is 19.8 Å². The topological polar surface area (TPSA) is 81.6 Å². The maximum atomic E-state index is 12.3. The van der Waals surface area contributed by atoms with E-state index in [1.807, 2.05) is 0 Å². The van der Waals surface area contributed by atoms with Crippen LogP contribution < -0.4 is 4.74 Å². The second-order valence-electron chi connectivity index (χ2n) is 4.76. The third-order valence-electron chi connectivity index (χ3n) is 3.47. The summed E-state index contributed by atoms with van der Waals surface area (Å²) in [6, 6.07) is 1.51. The Balaban J connectivity index is 1.95. The number of amides is 1. The summed E-state index contributed by atoms with van der Waals surface area (Å²) in [5.41, 5.74) is 0.302. The minimum absolute atomic E-state index is 0.117. The summed E-state index contributed by atoms with van der Waals surface area (Å²) in [6.45, 7) is 3.22. The van der Waals surface area contributed by atoms with Crippen LogP contribution in [0.5, 0.6) is 5.88 Å². The fourth-order valence-electron chi connectivity index (χ4n) is 2.31. The van der Waals surface area contributed by atoms with Crippen molar-refractivity contribution in [2.45, 2.75) is 19.8 Å². The summed E-state index contributed by atoms with van der Waals surface area (Å²) in [4.78, 5) is 33.5. The molecule has 7 heteroatoms. The number of piperidine rings is 1. The lowest BCUT2D eigenvalue weighted by molar-refractivity contribution is -0.149. The molecular weight excluding hydrogens is 274 g/mol. The van der Waals surface area contributed by atoms with Crippen molar-refractivity contribution in [3.63, 3.8) is 0 Å². The van der Waals surface area contributed by atoms with Gasteiger partial charge in [0.05, 0.1) is 19.6 Å². The Morgan fingerprint density at radius 1 is 1.33 bits per heavy atom. The molecule has 1 aliphatic rings. The van der Waals surface area contributed by atoms with Crippen LogP contribution in [0.4, 0.5) is 0 Å². The van der Waals surface area contributed by atoms with E-state index in [9.17, 15) is 9.59 Å². The molecule has 2 rings (SSSR count). The van der Waals surface area contributed by atoms with E-state index in [0.717, 1.165) is 0 Å². The first-order valence-corrected chi connectivity index (χ1v) is 6.97. The fraction of sp³-hybridized carbons (Fsp3) is 0.571. The number of carbonyl (C=O) groups is 2. The van der Waals surface area contributed by atoms with E-state index in [4.69, 9.17) is 9.47 Å². The standard InChI is InChI=1S/C14H19N3O4/c1-3-21-14(19)10-4-6-17(7-5-10)13(18)11-8-12(20-2)16-9-15-11/h8-10H,3-7H2,1-2H3. The van der Waals surface area contributed by atoms with Gasteiger partial charge in [-0.15, -0.1) is 0 Å². The third kappa shape index (κ3) is 3.68. The molecule has 1 amide bonds. The third-order valence-corrected chi connectivity index (χ3v) is 3.47. The van der Waals surface area contributed by atoms with Crippen LogP contribution in [0.2, 0.25) is 0 Å². The normalized spacial score (nSPS) is 15.6. The van der Waals surface area contributed by atoms with Gasteiger partial charge in [0.15, 0.2) is 0 Å². The van der Waals surface area contributed by atoms with Gasteiger partial charge >= 0.3 is 5.97 Å². The van der Waals surface area contributed by atoms with Crippen molar-refractivity contribution in [3.05, 3.63) is 18.1 Å². The zero-order chi connectivity index (χ0) is 15.2. The van der Waals surface area contributed by atoms with Crippen molar-refractivity contribution in [2.24, 2.45) is 5.92 Å². The SMILES string of the molecule is CCOC(=O)C1CCN(C(=O)c2cc(OC)ncn2)CC1. The number of ether oxygens (including phenoxy) is 2. The maximum absolute atomic E-state index is 12.3. The lowest BCUT2D eigenvalue weighted by atomic mass is 9.97. The average molecular weight is 293 g/mol. The number of likely N-dealkylation sites (tertiary alicyclic amines) is 1. The minimum atomic E-state index is -0.173. The Morgan fingerprint density at radius 3 is 2.67 bits per heavy atom. The first kappa shape index (κ1) is 15.2. The van der Waals surface area contributed by atoms with Crippen LogP contribution in [-0.2, 0) is 9.53 Å². The van der Waals surface area contributed by atoms with E-state index in [1.165, 1.54) is 19.5 Å². The molecule has 0 spiro atoms. The summed E-state index contributed by atoms with van der Waals surface area (Å²) < 4.78 is 10.00. The first-order valence-electron chi connectivity index (χ1n) is 6.97. The minimum Gasteiger partial charge on any atom is -0.481 e. The van der Waals surface area contributed by atoms with E-state index in [1.54, 1.807) is 11.8 Å². The molecule has 0 aliphatic carbocycles. The molecule has 114 valence electrons. The summed E-state index contributed by atoms with van der Waals surface area (Å²) in [5.74, 6) is -0.102. The molecule has 0 bridgehead atoms. The number of esters is 1. The van der Waals surface area contributed by atoms with Gasteiger partial charge in [-0.1, -0.05) is 0 Å². The van der Waals surface area contributed by atoms with Gasteiger partial charge in [0, 0.05) is 19.2 Å². The summed E-state index contributed by atoms with van der Waals surface area (Å²) in [5, 5.41) is 0. The Bertz CT molecular complexity index is 513. The van der Waals surface area contributed by atoms with Gasteiger partial charge in [-0.3, -0.25) is 9.59 Å². The molecular formula is C14H19N3O4. The Labute approximate surface area is 123 Å². The number of methoxy groups -OCH3 is 1. The predicted octanol–water partition coefficient (Wildman–Crippen LogP) is 0.900. The van der Waals surface area contributed by atoms with Gasteiger partial charge < -0.3 is 14.4 Å². The molecule has 0 unspecified atom stereocenters. The largest absolute Gasteiger partial charge is 0.481 e. The van der Waals surface area contributed by atoms with Crippen LogP contribution in [0, 0.1) is 5.92 Å². The molecule has 0 atom stereocenters. The molecule has 0 radical (unpaired) electrons. The molecule has 0 saturated carbocycles. The molecule has 1 aromatic rings. The van der Waals surface area contributed by atoms with Crippen LogP contribution >= 0.6 is 0 Å². The Hall–Kier alpha value is -2.18. The monoisotopic (exact) mass is 293 g/mol. The van der Waals surface area contributed by atoms with E-state index in [2.05, 4.69) is 9.97 Å². The van der Waals surface area contributed by atoms with E-state index >= 15 is 0 Å². The molecule has 21 heavy (non-hydrogen) atoms. The lowest BCUT2D eigenvalue weighted by Gasteiger charge is -2.30. The molecule has 1 aliphatic heterocycles. The quantitative estimate of drug-likeness (QED) is 0.767. The second-order valence-corrected chi connectivity index (χ2v) is 4.76. The predicted molar refractivity (Wildman–Crippen MR) is 73.8 cm³/mol. The highest BCUT2D eigenvalue weighted by atomic mass is 16.5. The highest BCUT2D eigenvalue weighted by Crippen LogP contribution is 2.20. The first-order chi connectivity index (χ1) is 10.2. The summed E-state index contributed by atoms with van der Waals surface area (Å²) >= 11 is 0. The highest BCUT2D eigenvalue weighted by molar-refractivity contribution is 5.92. The summed E-state index contributed by atoms with van der Waals surface area (Å²) in [7, 11) is 1.49. The van der Waals surface area contributed by atoms with Gasteiger partial charge in [-0.25, -0.2) is 9.97 Å². The molecule has 1 fully saturated rings. The number of hydrogen-bond donors (Lipinski definition) is 0. The smallest absolute Gasteiger partial charge is 0.309 e. The molecule has 0 N–H and O–H groups in total. The molecule has 1 saturated heterocycles. The zero-order valence-electron chi connectivity index (χ0n) is 12.2. The number of rotatable bonds is 4. The average Bonchev–Trinajstić information content (AvgIpc) is 2.54. The van der Waals surface area contributed by atoms with Crippen LogP contribution in [-0.4, -0.2) is 53.6 Å². The van der Waals surface area contributed by atoms with Gasteiger partial charge in [0.2, 0.25) is 5.88 Å². The lowest BCUT2D eigenvalue weighted by Crippen LogP contribution is -2.41. The van der Waals surface area contributed by atoms with Gasteiger partial charge in [-0.2, -0.15) is 0 Å². The highest BCUT2D eigenvalue weighted by Gasteiger charge is 2.29. The Kier molecular flexibility index (Phi) is 5.08. The van der Waals surface area contributed by atoms with E-state index in [0.29, 0.717) is 44.1 Å². The maximum Gasteiger partial charge on any atom is 0.309 e. The second kappa shape index (κ2) is 7.01. The molecule has 0 aromatic carbocycles. The van der Waals surface area contributed by atoms with Crippen molar-refractivity contribution in [1.82, 2.24) is 14.9 Å². The number of nitrogens with zero attached hydrogens (tertiary/aromatic N) is 3. The van der Waals surface area contributed by atoms with Crippen molar-refractivity contribution >= 4 is 11.9 Å². The van der Waals surface area contributed by atoms with Crippen LogP contribution in [0.3, 0.4) is 0 Å².